The standard InChI is InChI=1S/C10H12N4/c11-7-9-3-1-4-10(13-9)8-14-6-2-5-12-14/h1-6H,7-8,11H2. The minimum absolute atomic E-state index is 0.479. The molecule has 0 saturated heterocycles. The Balaban J connectivity index is 2.17. The van der Waals surface area contributed by atoms with E-state index >= 15 is 0 Å². The highest BCUT2D eigenvalue weighted by Gasteiger charge is 1.97. The van der Waals surface area contributed by atoms with E-state index in [1.165, 1.54) is 0 Å². The predicted octanol–water partition coefficient (Wildman–Crippen LogP) is 0.785. The van der Waals surface area contributed by atoms with Gasteiger partial charge in [0, 0.05) is 18.9 Å². The van der Waals surface area contributed by atoms with E-state index in [1.807, 2.05) is 35.1 Å². The van der Waals surface area contributed by atoms with Crippen LogP contribution < -0.4 is 5.73 Å². The van der Waals surface area contributed by atoms with Crippen LogP contribution in [0.15, 0.2) is 36.7 Å². The summed E-state index contributed by atoms with van der Waals surface area (Å²) < 4.78 is 1.84. The normalized spacial score (nSPS) is 10.4. The lowest BCUT2D eigenvalue weighted by Gasteiger charge is -2.02. The highest BCUT2D eigenvalue weighted by Crippen LogP contribution is 2.00. The van der Waals surface area contributed by atoms with Crippen LogP contribution in [0, 0.1) is 0 Å². The predicted molar refractivity (Wildman–Crippen MR) is 53.5 cm³/mol. The van der Waals surface area contributed by atoms with Crippen molar-refractivity contribution >= 4 is 0 Å². The molecule has 14 heavy (non-hydrogen) atoms. The van der Waals surface area contributed by atoms with Crippen LogP contribution in [0.5, 0.6) is 0 Å². The molecule has 2 N–H and O–H groups in total. The Morgan fingerprint density at radius 1 is 1.21 bits per heavy atom. The van der Waals surface area contributed by atoms with E-state index in [4.69, 9.17) is 5.73 Å². The summed E-state index contributed by atoms with van der Waals surface area (Å²) in [7, 11) is 0. The summed E-state index contributed by atoms with van der Waals surface area (Å²) in [5.74, 6) is 0. The molecule has 0 fully saturated rings. The van der Waals surface area contributed by atoms with Crippen LogP contribution in [0.25, 0.3) is 0 Å². The fourth-order valence-electron chi connectivity index (χ4n) is 1.29. The van der Waals surface area contributed by atoms with Gasteiger partial charge < -0.3 is 5.73 Å². The Bertz CT molecular complexity index is 394. The number of pyridine rings is 1. The van der Waals surface area contributed by atoms with Crippen molar-refractivity contribution in [3.63, 3.8) is 0 Å². The number of aromatic nitrogens is 3. The third-order valence-electron chi connectivity index (χ3n) is 1.96. The molecule has 0 bridgehead atoms. The maximum atomic E-state index is 5.51. The average Bonchev–Trinajstić information content (AvgIpc) is 2.71. The molecule has 0 amide bonds. The van der Waals surface area contributed by atoms with Gasteiger partial charge >= 0.3 is 0 Å². The van der Waals surface area contributed by atoms with Crippen LogP contribution in [-0.4, -0.2) is 14.8 Å². The van der Waals surface area contributed by atoms with E-state index in [9.17, 15) is 0 Å². The van der Waals surface area contributed by atoms with Crippen LogP contribution in [0.2, 0.25) is 0 Å². The zero-order valence-corrected chi connectivity index (χ0v) is 7.80. The third-order valence-corrected chi connectivity index (χ3v) is 1.96. The first-order chi connectivity index (χ1) is 6.88. The Kier molecular flexibility index (Phi) is 2.55. The number of hydrogen-bond acceptors (Lipinski definition) is 3. The first-order valence-corrected chi connectivity index (χ1v) is 4.51. The van der Waals surface area contributed by atoms with Gasteiger partial charge in [-0.1, -0.05) is 6.07 Å². The van der Waals surface area contributed by atoms with Crippen molar-refractivity contribution in [3.05, 3.63) is 48.0 Å². The molecule has 0 saturated carbocycles. The van der Waals surface area contributed by atoms with Gasteiger partial charge in [-0.3, -0.25) is 9.67 Å². The third kappa shape index (κ3) is 1.97. The fraction of sp³-hybridized carbons (Fsp3) is 0.200. The fourth-order valence-corrected chi connectivity index (χ4v) is 1.29. The van der Waals surface area contributed by atoms with Gasteiger partial charge in [-0.25, -0.2) is 0 Å². The number of nitrogens with two attached hydrogens (primary N) is 1. The summed E-state index contributed by atoms with van der Waals surface area (Å²) in [5.41, 5.74) is 7.40. The van der Waals surface area contributed by atoms with E-state index in [0.29, 0.717) is 13.1 Å². The summed E-state index contributed by atoms with van der Waals surface area (Å²) >= 11 is 0. The second-order valence-corrected chi connectivity index (χ2v) is 3.03. The molecule has 0 unspecified atom stereocenters. The lowest BCUT2D eigenvalue weighted by atomic mass is 10.3. The number of nitrogens with zero attached hydrogens (tertiary/aromatic N) is 3. The first kappa shape index (κ1) is 8.90. The highest BCUT2D eigenvalue weighted by molar-refractivity contribution is 5.11. The molecule has 2 aromatic heterocycles. The summed E-state index contributed by atoms with van der Waals surface area (Å²) in [6.07, 6.45) is 3.67. The minimum atomic E-state index is 0.479. The average molecular weight is 188 g/mol. The van der Waals surface area contributed by atoms with E-state index in [2.05, 4.69) is 10.1 Å². The van der Waals surface area contributed by atoms with Crippen LogP contribution in [-0.2, 0) is 13.1 Å². The molecule has 0 spiro atoms. The Hall–Kier alpha value is -1.68. The van der Waals surface area contributed by atoms with E-state index in [1.54, 1.807) is 6.20 Å². The monoisotopic (exact) mass is 188 g/mol. The maximum absolute atomic E-state index is 5.51. The smallest absolute Gasteiger partial charge is 0.0831 e. The van der Waals surface area contributed by atoms with E-state index in [0.717, 1.165) is 11.4 Å². The van der Waals surface area contributed by atoms with Crippen molar-refractivity contribution < 1.29 is 0 Å². The molecule has 4 heteroatoms. The molecule has 0 radical (unpaired) electrons. The Labute approximate surface area is 82.4 Å². The molecule has 0 aliphatic heterocycles. The van der Waals surface area contributed by atoms with Crippen molar-refractivity contribution in [1.82, 2.24) is 14.8 Å². The Morgan fingerprint density at radius 3 is 2.79 bits per heavy atom. The van der Waals surface area contributed by atoms with Gasteiger partial charge in [0.1, 0.15) is 0 Å². The van der Waals surface area contributed by atoms with Crippen molar-refractivity contribution in [1.29, 1.82) is 0 Å². The maximum Gasteiger partial charge on any atom is 0.0831 e. The lowest BCUT2D eigenvalue weighted by Crippen LogP contribution is -2.05. The summed E-state index contributed by atoms with van der Waals surface area (Å²) in [5, 5.41) is 4.11. The molecule has 4 nitrogen and oxygen atoms in total. The molecule has 2 heterocycles. The van der Waals surface area contributed by atoms with Crippen LogP contribution >= 0.6 is 0 Å². The molecule has 0 aromatic carbocycles. The summed E-state index contributed by atoms with van der Waals surface area (Å²) in [4.78, 5) is 4.38. The van der Waals surface area contributed by atoms with Crippen LogP contribution in [0.3, 0.4) is 0 Å². The molecule has 2 aromatic rings. The minimum Gasteiger partial charge on any atom is -0.325 e. The van der Waals surface area contributed by atoms with Crippen molar-refractivity contribution in [2.45, 2.75) is 13.1 Å². The highest BCUT2D eigenvalue weighted by atomic mass is 15.3. The molecule has 72 valence electrons. The van der Waals surface area contributed by atoms with Gasteiger partial charge in [-0.2, -0.15) is 5.10 Å². The first-order valence-electron chi connectivity index (χ1n) is 4.51. The van der Waals surface area contributed by atoms with Gasteiger partial charge in [-0.05, 0) is 18.2 Å². The molecular formula is C10H12N4. The van der Waals surface area contributed by atoms with Crippen LogP contribution in [0.1, 0.15) is 11.4 Å². The van der Waals surface area contributed by atoms with Gasteiger partial charge in [-0.15, -0.1) is 0 Å². The summed E-state index contributed by atoms with van der Waals surface area (Å²) in [6.45, 7) is 1.17. The van der Waals surface area contributed by atoms with E-state index < -0.39 is 0 Å². The molecular weight excluding hydrogens is 176 g/mol. The summed E-state index contributed by atoms with van der Waals surface area (Å²) in [6, 6.07) is 7.76. The topological polar surface area (TPSA) is 56.7 Å². The SMILES string of the molecule is NCc1cccc(Cn2cccn2)n1. The van der Waals surface area contributed by atoms with Crippen molar-refractivity contribution in [2.24, 2.45) is 5.73 Å². The zero-order valence-electron chi connectivity index (χ0n) is 7.80. The van der Waals surface area contributed by atoms with Crippen LogP contribution in [0.4, 0.5) is 0 Å². The second kappa shape index (κ2) is 4.02. The lowest BCUT2D eigenvalue weighted by molar-refractivity contribution is 0.669. The van der Waals surface area contributed by atoms with Crippen molar-refractivity contribution in [3.8, 4) is 0 Å². The number of rotatable bonds is 3. The van der Waals surface area contributed by atoms with Gasteiger partial charge in [0.25, 0.3) is 0 Å². The molecule has 2 rings (SSSR count). The second-order valence-electron chi connectivity index (χ2n) is 3.03. The van der Waals surface area contributed by atoms with E-state index in [-0.39, 0.29) is 0 Å². The molecule has 0 atom stereocenters. The van der Waals surface area contributed by atoms with Gasteiger partial charge in [0.2, 0.25) is 0 Å². The van der Waals surface area contributed by atoms with Gasteiger partial charge in [0.15, 0.2) is 0 Å². The molecule has 0 aliphatic carbocycles. The zero-order chi connectivity index (χ0) is 9.80. The largest absolute Gasteiger partial charge is 0.325 e. The Morgan fingerprint density at radius 2 is 2.07 bits per heavy atom. The number of hydrogen-bond donors (Lipinski definition) is 1. The molecule has 0 aliphatic rings. The van der Waals surface area contributed by atoms with Gasteiger partial charge in [0.05, 0.1) is 17.9 Å². The quantitative estimate of drug-likeness (QED) is 0.774. The van der Waals surface area contributed by atoms with Crippen molar-refractivity contribution in [2.75, 3.05) is 0 Å².